The normalized spacial score (nSPS) is 15.6. The minimum atomic E-state index is 0.00630. The fourth-order valence-corrected chi connectivity index (χ4v) is 4.56. The number of aromatic amines is 1. The summed E-state index contributed by atoms with van der Waals surface area (Å²) in [5, 5.41) is 8.15. The number of piperidine rings is 1. The number of carbonyl (C=O) groups excluding carboxylic acids is 1. The van der Waals surface area contributed by atoms with Crippen molar-refractivity contribution in [3.63, 3.8) is 0 Å². The Morgan fingerprint density at radius 3 is 2.85 bits per heavy atom. The van der Waals surface area contributed by atoms with Gasteiger partial charge >= 0.3 is 0 Å². The van der Waals surface area contributed by atoms with Gasteiger partial charge in [-0.2, -0.15) is 5.10 Å². The van der Waals surface area contributed by atoms with Crippen molar-refractivity contribution in [2.24, 2.45) is 0 Å². The van der Waals surface area contributed by atoms with Crippen LogP contribution in [0.5, 0.6) is 0 Å². The average Bonchev–Trinajstić information content (AvgIpc) is 3.27. The van der Waals surface area contributed by atoms with Gasteiger partial charge in [0.15, 0.2) is 15.6 Å². The molecule has 142 valence electrons. The number of nitrogens with zero attached hydrogens (tertiary/aromatic N) is 5. The summed E-state index contributed by atoms with van der Waals surface area (Å²) < 4.78 is 4.69. The summed E-state index contributed by atoms with van der Waals surface area (Å²) >= 11 is 6.84. The standard InChI is InChI=1S/C18H22N6OS2/c1-3-23-15(20-21-17(23)26)12-7-10-22(11-8-12)16(25)14-13-6-4-5-9-24(13)18(19-14)27-2/h4-6,9,12H,3,7-8,10-11H2,1-2H3,(H,21,26). The molecule has 7 nitrogen and oxygen atoms in total. The molecule has 3 aromatic heterocycles. The predicted molar refractivity (Wildman–Crippen MR) is 108 cm³/mol. The van der Waals surface area contributed by atoms with E-state index in [0.29, 0.717) is 29.5 Å². The second-order valence-electron chi connectivity index (χ2n) is 6.60. The van der Waals surface area contributed by atoms with Crippen molar-refractivity contribution >= 4 is 35.4 Å². The smallest absolute Gasteiger partial charge is 0.274 e. The number of aromatic nitrogens is 5. The molecule has 3 aromatic rings. The number of imidazole rings is 1. The monoisotopic (exact) mass is 402 g/mol. The molecule has 4 heterocycles. The van der Waals surface area contributed by atoms with Crippen LogP contribution < -0.4 is 0 Å². The predicted octanol–water partition coefficient (Wildman–Crippen LogP) is 3.35. The molecule has 0 atom stereocenters. The summed E-state index contributed by atoms with van der Waals surface area (Å²) in [6.07, 6.45) is 5.69. The lowest BCUT2D eigenvalue weighted by Crippen LogP contribution is -2.38. The molecule has 0 bridgehead atoms. The van der Waals surface area contributed by atoms with Gasteiger partial charge in [-0.1, -0.05) is 17.8 Å². The highest BCUT2D eigenvalue weighted by molar-refractivity contribution is 7.98. The van der Waals surface area contributed by atoms with E-state index < -0.39 is 0 Å². The van der Waals surface area contributed by atoms with Crippen molar-refractivity contribution in [1.29, 1.82) is 0 Å². The fourth-order valence-electron chi connectivity index (χ4n) is 3.75. The highest BCUT2D eigenvalue weighted by Gasteiger charge is 2.29. The van der Waals surface area contributed by atoms with E-state index in [1.165, 1.54) is 0 Å². The average molecular weight is 403 g/mol. The summed E-state index contributed by atoms with van der Waals surface area (Å²) in [4.78, 5) is 19.6. The minimum absolute atomic E-state index is 0.00630. The third-order valence-corrected chi connectivity index (χ3v) is 6.12. The Kier molecular flexibility index (Phi) is 5.05. The number of amides is 1. The van der Waals surface area contributed by atoms with Gasteiger partial charge in [0.1, 0.15) is 5.82 Å². The van der Waals surface area contributed by atoms with E-state index in [0.717, 1.165) is 35.9 Å². The number of thioether (sulfide) groups is 1. The molecule has 0 saturated carbocycles. The highest BCUT2D eigenvalue weighted by Crippen LogP contribution is 2.28. The van der Waals surface area contributed by atoms with Crippen molar-refractivity contribution in [1.82, 2.24) is 29.0 Å². The summed E-state index contributed by atoms with van der Waals surface area (Å²) in [6, 6.07) is 5.84. The quantitative estimate of drug-likeness (QED) is 0.535. The first kappa shape index (κ1) is 18.2. The van der Waals surface area contributed by atoms with Crippen LogP contribution in [0.15, 0.2) is 29.6 Å². The van der Waals surface area contributed by atoms with Crippen LogP contribution in [0.25, 0.3) is 5.52 Å². The number of rotatable bonds is 4. The topological polar surface area (TPSA) is 71.2 Å². The van der Waals surface area contributed by atoms with Crippen LogP contribution in [-0.4, -0.2) is 54.3 Å². The molecule has 1 N–H and O–H groups in total. The molecule has 4 rings (SSSR count). The number of carbonyl (C=O) groups is 1. The second kappa shape index (κ2) is 7.47. The molecule has 0 spiro atoms. The summed E-state index contributed by atoms with van der Waals surface area (Å²) in [5.74, 6) is 1.33. The van der Waals surface area contributed by atoms with Crippen LogP contribution in [0.4, 0.5) is 0 Å². The Morgan fingerprint density at radius 1 is 1.37 bits per heavy atom. The molecule has 0 aliphatic carbocycles. The van der Waals surface area contributed by atoms with Gasteiger partial charge in [0.2, 0.25) is 0 Å². The first-order valence-corrected chi connectivity index (χ1v) is 10.7. The zero-order valence-electron chi connectivity index (χ0n) is 15.4. The molecule has 1 aliphatic heterocycles. The van der Waals surface area contributed by atoms with E-state index in [-0.39, 0.29) is 5.91 Å². The zero-order valence-corrected chi connectivity index (χ0v) is 17.0. The van der Waals surface area contributed by atoms with Gasteiger partial charge in [-0.3, -0.25) is 14.3 Å². The van der Waals surface area contributed by atoms with E-state index in [1.807, 2.05) is 44.5 Å². The van der Waals surface area contributed by atoms with Gasteiger partial charge in [-0.15, -0.1) is 0 Å². The first-order chi connectivity index (χ1) is 13.1. The van der Waals surface area contributed by atoms with Gasteiger partial charge in [0.05, 0.1) is 5.52 Å². The molecule has 1 amide bonds. The van der Waals surface area contributed by atoms with E-state index >= 15 is 0 Å². The molecule has 1 saturated heterocycles. The summed E-state index contributed by atoms with van der Waals surface area (Å²) in [6.45, 7) is 4.28. The number of nitrogens with one attached hydrogen (secondary N) is 1. The zero-order chi connectivity index (χ0) is 19.0. The van der Waals surface area contributed by atoms with Crippen molar-refractivity contribution < 1.29 is 4.79 Å². The van der Waals surface area contributed by atoms with Crippen molar-refractivity contribution in [2.75, 3.05) is 19.3 Å². The van der Waals surface area contributed by atoms with E-state index in [2.05, 4.69) is 22.1 Å². The molecule has 0 radical (unpaired) electrons. The number of hydrogen-bond acceptors (Lipinski definition) is 5. The molecule has 1 fully saturated rings. The van der Waals surface area contributed by atoms with Gasteiger partial charge in [0, 0.05) is 31.7 Å². The number of fused-ring (bicyclic) bond motifs is 1. The number of likely N-dealkylation sites (tertiary alicyclic amines) is 1. The van der Waals surface area contributed by atoms with Gasteiger partial charge in [-0.25, -0.2) is 4.98 Å². The minimum Gasteiger partial charge on any atom is -0.337 e. The van der Waals surface area contributed by atoms with E-state index in [4.69, 9.17) is 12.2 Å². The number of pyridine rings is 1. The molecule has 0 unspecified atom stereocenters. The van der Waals surface area contributed by atoms with Crippen molar-refractivity contribution in [2.45, 2.75) is 37.4 Å². The van der Waals surface area contributed by atoms with Crippen molar-refractivity contribution in [3.8, 4) is 0 Å². The Morgan fingerprint density at radius 2 is 2.15 bits per heavy atom. The molecule has 1 aliphatic rings. The second-order valence-corrected chi connectivity index (χ2v) is 7.76. The van der Waals surface area contributed by atoms with Crippen LogP contribution in [0.1, 0.15) is 42.0 Å². The fraction of sp³-hybridized carbons (Fsp3) is 0.444. The maximum atomic E-state index is 13.1. The van der Waals surface area contributed by atoms with Crippen LogP contribution in [0, 0.1) is 4.77 Å². The lowest BCUT2D eigenvalue weighted by atomic mass is 9.95. The van der Waals surface area contributed by atoms with E-state index in [1.54, 1.807) is 11.8 Å². The van der Waals surface area contributed by atoms with Crippen LogP contribution in [-0.2, 0) is 6.54 Å². The molecule has 0 aromatic carbocycles. The van der Waals surface area contributed by atoms with Gasteiger partial charge in [0.25, 0.3) is 5.91 Å². The van der Waals surface area contributed by atoms with E-state index in [9.17, 15) is 4.79 Å². The molecule has 27 heavy (non-hydrogen) atoms. The Labute approximate surface area is 166 Å². The Bertz CT molecular complexity index is 1030. The highest BCUT2D eigenvalue weighted by atomic mass is 32.2. The summed E-state index contributed by atoms with van der Waals surface area (Å²) in [5.41, 5.74) is 1.40. The maximum Gasteiger partial charge on any atom is 0.274 e. The third kappa shape index (κ3) is 3.19. The Hall–Kier alpha value is -2.13. The number of H-pyrrole nitrogens is 1. The largest absolute Gasteiger partial charge is 0.337 e. The van der Waals surface area contributed by atoms with Crippen molar-refractivity contribution in [3.05, 3.63) is 40.7 Å². The first-order valence-electron chi connectivity index (χ1n) is 9.09. The lowest BCUT2D eigenvalue weighted by molar-refractivity contribution is 0.0706. The SMILES string of the molecule is CCn1c(C2CCN(C(=O)c3nc(SC)n4ccccc34)CC2)n[nH]c1=S. The van der Waals surface area contributed by atoms with Crippen LogP contribution in [0.2, 0.25) is 0 Å². The molecule has 9 heteroatoms. The maximum absolute atomic E-state index is 13.1. The molecular formula is C18H22N6OS2. The lowest BCUT2D eigenvalue weighted by Gasteiger charge is -2.31. The van der Waals surface area contributed by atoms with Gasteiger partial charge < -0.3 is 9.47 Å². The number of hydrogen-bond donors (Lipinski definition) is 1. The summed E-state index contributed by atoms with van der Waals surface area (Å²) in [7, 11) is 0. The third-order valence-electron chi connectivity index (χ3n) is 5.15. The van der Waals surface area contributed by atoms with Gasteiger partial charge in [-0.05, 0) is 50.4 Å². The Balaban J connectivity index is 1.53. The van der Waals surface area contributed by atoms with Crippen LogP contribution in [0.3, 0.4) is 0 Å². The van der Waals surface area contributed by atoms with Crippen LogP contribution >= 0.6 is 24.0 Å². The molecular weight excluding hydrogens is 380 g/mol.